The van der Waals surface area contributed by atoms with E-state index in [0.29, 0.717) is 12.2 Å². The fourth-order valence-corrected chi connectivity index (χ4v) is 2.54. The second kappa shape index (κ2) is 5.54. The molecule has 2 N–H and O–H groups in total. The minimum atomic E-state index is -3.50. The van der Waals surface area contributed by atoms with Gasteiger partial charge in [0, 0.05) is 11.1 Å². The van der Waals surface area contributed by atoms with E-state index in [2.05, 4.69) is 15.0 Å². The number of thiazole rings is 1. The first-order valence-corrected chi connectivity index (χ1v) is 8.16. The summed E-state index contributed by atoms with van der Waals surface area (Å²) in [6.45, 7) is 0.493. The molecule has 0 aliphatic carbocycles. The number of rotatable bonds is 5. The van der Waals surface area contributed by atoms with E-state index in [4.69, 9.17) is 0 Å². The lowest BCUT2D eigenvalue weighted by Crippen LogP contribution is -2.11. The van der Waals surface area contributed by atoms with E-state index in [1.807, 2.05) is 5.38 Å². The number of halogens is 1. The number of nitrogens with one attached hydrogen (secondary N) is 2. The van der Waals surface area contributed by atoms with Crippen molar-refractivity contribution < 1.29 is 12.8 Å². The van der Waals surface area contributed by atoms with Gasteiger partial charge in [0.1, 0.15) is 5.82 Å². The molecule has 1 heterocycles. The van der Waals surface area contributed by atoms with Crippen LogP contribution in [-0.4, -0.2) is 19.7 Å². The minimum absolute atomic E-state index is 0.0780. The molecule has 0 fully saturated rings. The van der Waals surface area contributed by atoms with E-state index in [1.165, 1.54) is 29.5 Å². The van der Waals surface area contributed by atoms with E-state index in [-0.39, 0.29) is 5.69 Å². The van der Waals surface area contributed by atoms with E-state index < -0.39 is 15.8 Å². The lowest BCUT2D eigenvalue weighted by molar-refractivity contribution is 0.604. The molecule has 0 aliphatic heterocycles. The van der Waals surface area contributed by atoms with Crippen LogP contribution in [0.1, 0.15) is 5.69 Å². The van der Waals surface area contributed by atoms with E-state index in [0.717, 1.165) is 11.9 Å². The summed E-state index contributed by atoms with van der Waals surface area (Å²) in [6.07, 6.45) is 0.974. The third kappa shape index (κ3) is 4.18. The van der Waals surface area contributed by atoms with Crippen molar-refractivity contribution in [3.05, 3.63) is 40.6 Å². The first kappa shape index (κ1) is 13.8. The summed E-state index contributed by atoms with van der Waals surface area (Å²) in [7, 11) is -3.50. The van der Waals surface area contributed by atoms with Gasteiger partial charge in [-0.1, -0.05) is 0 Å². The zero-order chi connectivity index (χ0) is 13.9. The fraction of sp³-hybridized carbons (Fsp3) is 0.182. The van der Waals surface area contributed by atoms with Crippen LogP contribution >= 0.6 is 11.3 Å². The molecule has 1 aromatic heterocycles. The molecule has 0 spiro atoms. The van der Waals surface area contributed by atoms with Crippen LogP contribution in [0.25, 0.3) is 0 Å². The van der Waals surface area contributed by atoms with Crippen molar-refractivity contribution in [2.24, 2.45) is 0 Å². The van der Waals surface area contributed by atoms with E-state index >= 15 is 0 Å². The Hall–Kier alpha value is -1.67. The molecule has 0 saturated heterocycles. The molecular formula is C11H12FN3O2S2. The summed E-state index contributed by atoms with van der Waals surface area (Å²) < 4.78 is 37.8. The Labute approximate surface area is 114 Å². The van der Waals surface area contributed by atoms with Crippen LogP contribution < -0.4 is 10.0 Å². The Morgan fingerprint density at radius 2 is 2.21 bits per heavy atom. The number of hydrogen-bond acceptors (Lipinski definition) is 5. The maximum Gasteiger partial charge on any atom is 0.229 e. The van der Waals surface area contributed by atoms with E-state index in [9.17, 15) is 12.8 Å². The number of aromatic nitrogens is 1. The van der Waals surface area contributed by atoms with Crippen molar-refractivity contribution in [2.45, 2.75) is 6.54 Å². The maximum absolute atomic E-state index is 13.4. The highest BCUT2D eigenvalue weighted by molar-refractivity contribution is 7.92. The van der Waals surface area contributed by atoms with Crippen LogP contribution in [0.4, 0.5) is 15.8 Å². The monoisotopic (exact) mass is 301 g/mol. The third-order valence-corrected chi connectivity index (χ3v) is 3.44. The van der Waals surface area contributed by atoms with Gasteiger partial charge in [-0.15, -0.1) is 11.3 Å². The van der Waals surface area contributed by atoms with Gasteiger partial charge in [-0.05, 0) is 18.2 Å². The average molecular weight is 301 g/mol. The number of sulfonamides is 1. The molecule has 0 amide bonds. The molecule has 2 aromatic rings. The lowest BCUT2D eigenvalue weighted by Gasteiger charge is -2.09. The summed E-state index contributed by atoms with van der Waals surface area (Å²) in [5, 5.41) is 4.94. The van der Waals surface area contributed by atoms with Crippen molar-refractivity contribution in [2.75, 3.05) is 16.3 Å². The predicted molar refractivity (Wildman–Crippen MR) is 74.3 cm³/mol. The lowest BCUT2D eigenvalue weighted by atomic mass is 10.2. The Kier molecular flexibility index (Phi) is 4.01. The highest BCUT2D eigenvalue weighted by atomic mass is 32.2. The number of benzene rings is 1. The molecule has 1 aromatic carbocycles. The summed E-state index contributed by atoms with van der Waals surface area (Å²) in [4.78, 5) is 4.10. The van der Waals surface area contributed by atoms with Crippen LogP contribution in [0.2, 0.25) is 0 Å². The SMILES string of the molecule is CS(=O)(=O)Nc1cc(NCc2cscn2)ccc1F. The van der Waals surface area contributed by atoms with Crippen molar-refractivity contribution >= 4 is 32.7 Å². The quantitative estimate of drug-likeness (QED) is 0.888. The second-order valence-electron chi connectivity index (χ2n) is 3.90. The molecule has 0 unspecified atom stereocenters. The van der Waals surface area contributed by atoms with Crippen LogP contribution in [0.5, 0.6) is 0 Å². The Bertz CT molecular complexity index is 657. The van der Waals surface area contributed by atoms with Gasteiger partial charge in [0.2, 0.25) is 10.0 Å². The second-order valence-corrected chi connectivity index (χ2v) is 6.37. The minimum Gasteiger partial charge on any atom is -0.379 e. The predicted octanol–water partition coefficient (Wildman–Crippen LogP) is 2.27. The average Bonchev–Trinajstić information content (AvgIpc) is 2.81. The van der Waals surface area contributed by atoms with Gasteiger partial charge in [-0.25, -0.2) is 17.8 Å². The molecule has 0 saturated carbocycles. The Morgan fingerprint density at radius 1 is 1.42 bits per heavy atom. The Morgan fingerprint density at radius 3 is 2.84 bits per heavy atom. The molecule has 102 valence electrons. The number of hydrogen-bond donors (Lipinski definition) is 2. The Balaban J connectivity index is 2.12. The molecule has 5 nitrogen and oxygen atoms in total. The zero-order valence-electron chi connectivity index (χ0n) is 10.1. The van der Waals surface area contributed by atoms with Gasteiger partial charge in [-0.2, -0.15) is 0 Å². The van der Waals surface area contributed by atoms with Crippen LogP contribution in [0, 0.1) is 5.82 Å². The van der Waals surface area contributed by atoms with E-state index in [1.54, 1.807) is 5.51 Å². The topological polar surface area (TPSA) is 71.1 Å². The van der Waals surface area contributed by atoms with Gasteiger partial charge >= 0.3 is 0 Å². The van der Waals surface area contributed by atoms with Crippen LogP contribution in [0.15, 0.2) is 29.1 Å². The number of nitrogens with zero attached hydrogens (tertiary/aromatic N) is 1. The molecular weight excluding hydrogens is 289 g/mol. The molecule has 0 radical (unpaired) electrons. The van der Waals surface area contributed by atoms with Gasteiger partial charge in [0.15, 0.2) is 0 Å². The van der Waals surface area contributed by atoms with Gasteiger partial charge in [0.25, 0.3) is 0 Å². The molecule has 0 atom stereocenters. The summed E-state index contributed by atoms with van der Waals surface area (Å²) in [6, 6.07) is 4.15. The molecule has 0 aliphatic rings. The molecule has 0 bridgehead atoms. The van der Waals surface area contributed by atoms with Crippen LogP contribution in [-0.2, 0) is 16.6 Å². The first-order chi connectivity index (χ1) is 8.94. The first-order valence-electron chi connectivity index (χ1n) is 5.32. The smallest absolute Gasteiger partial charge is 0.229 e. The normalized spacial score (nSPS) is 11.3. The summed E-state index contributed by atoms with van der Waals surface area (Å²) >= 11 is 1.49. The summed E-state index contributed by atoms with van der Waals surface area (Å²) in [5.41, 5.74) is 3.12. The summed E-state index contributed by atoms with van der Waals surface area (Å²) in [5.74, 6) is -0.621. The fourth-order valence-electron chi connectivity index (χ4n) is 1.43. The molecule has 19 heavy (non-hydrogen) atoms. The van der Waals surface area contributed by atoms with Gasteiger partial charge < -0.3 is 5.32 Å². The van der Waals surface area contributed by atoms with Crippen molar-refractivity contribution in [1.82, 2.24) is 4.98 Å². The zero-order valence-corrected chi connectivity index (χ0v) is 11.7. The van der Waals surface area contributed by atoms with Gasteiger partial charge in [0.05, 0.1) is 29.7 Å². The standard InChI is InChI=1S/C11H12FN3O2S2/c1-19(16,17)15-11-4-8(2-3-10(11)12)13-5-9-6-18-7-14-9/h2-4,6-7,13,15H,5H2,1H3. The van der Waals surface area contributed by atoms with Crippen molar-refractivity contribution in [3.63, 3.8) is 0 Å². The third-order valence-electron chi connectivity index (χ3n) is 2.22. The highest BCUT2D eigenvalue weighted by Gasteiger charge is 2.08. The van der Waals surface area contributed by atoms with Crippen LogP contribution in [0.3, 0.4) is 0 Å². The van der Waals surface area contributed by atoms with Crippen molar-refractivity contribution in [1.29, 1.82) is 0 Å². The molecule has 2 rings (SSSR count). The largest absolute Gasteiger partial charge is 0.379 e. The van der Waals surface area contributed by atoms with Gasteiger partial charge in [-0.3, -0.25) is 4.72 Å². The van der Waals surface area contributed by atoms with Crippen molar-refractivity contribution in [3.8, 4) is 0 Å². The molecule has 8 heteroatoms. The number of anilines is 2. The maximum atomic E-state index is 13.4. The highest BCUT2D eigenvalue weighted by Crippen LogP contribution is 2.21.